The van der Waals surface area contributed by atoms with Crippen molar-refractivity contribution in [1.82, 2.24) is 15.2 Å². The maximum atomic E-state index is 12.9. The molecule has 2 heterocycles. The Morgan fingerprint density at radius 2 is 2.17 bits per heavy atom. The highest BCUT2D eigenvalue weighted by molar-refractivity contribution is 7.98. The number of rotatable bonds is 8. The zero-order valence-electron chi connectivity index (χ0n) is 16.9. The van der Waals surface area contributed by atoms with Crippen molar-refractivity contribution in [2.75, 3.05) is 38.0 Å². The number of para-hydroxylation sites is 1. The Bertz CT molecular complexity index is 871. The lowest BCUT2D eigenvalue weighted by atomic mass is 10.1. The van der Waals surface area contributed by atoms with Gasteiger partial charge in [0.15, 0.2) is 5.13 Å². The van der Waals surface area contributed by atoms with Gasteiger partial charge in [-0.3, -0.25) is 9.59 Å². The largest absolute Gasteiger partial charge is 0.496 e. The van der Waals surface area contributed by atoms with E-state index >= 15 is 0 Å². The number of hydrogen-bond donors (Lipinski definition) is 2. The van der Waals surface area contributed by atoms with E-state index in [9.17, 15) is 9.59 Å². The monoisotopic (exact) mass is 434 g/mol. The van der Waals surface area contributed by atoms with Crippen LogP contribution in [0.3, 0.4) is 0 Å². The molecule has 0 spiro atoms. The first-order valence-corrected chi connectivity index (χ1v) is 11.6. The molecule has 0 radical (unpaired) electrons. The Hall–Kier alpha value is -2.10. The zero-order valence-corrected chi connectivity index (χ0v) is 18.5. The van der Waals surface area contributed by atoms with Crippen LogP contribution < -0.4 is 15.4 Å². The molecule has 1 atom stereocenters. The third-order valence-electron chi connectivity index (χ3n) is 4.74. The average Bonchev–Trinajstić information content (AvgIpc) is 3.11. The first kappa shape index (κ1) is 21.6. The van der Waals surface area contributed by atoms with Crippen LogP contribution in [-0.4, -0.2) is 60.5 Å². The molecule has 0 saturated heterocycles. The minimum atomic E-state index is -0.650. The van der Waals surface area contributed by atoms with Crippen LogP contribution in [0.4, 0.5) is 5.13 Å². The van der Waals surface area contributed by atoms with Crippen LogP contribution in [0.1, 0.15) is 27.3 Å². The van der Waals surface area contributed by atoms with Crippen molar-refractivity contribution in [2.24, 2.45) is 0 Å². The SMILES string of the molecule is COc1ccccc1C(=O)NC(CCSC)C(=O)Nc1nc2c(s1)CN(C)CC2. The minimum absolute atomic E-state index is 0.248. The van der Waals surface area contributed by atoms with Crippen molar-refractivity contribution >= 4 is 40.0 Å². The summed E-state index contributed by atoms with van der Waals surface area (Å²) in [5.41, 5.74) is 1.46. The van der Waals surface area contributed by atoms with Crippen molar-refractivity contribution in [3.8, 4) is 5.75 Å². The molecule has 2 amide bonds. The molecule has 0 bridgehead atoms. The molecule has 0 fully saturated rings. The highest BCUT2D eigenvalue weighted by Crippen LogP contribution is 2.28. The van der Waals surface area contributed by atoms with Crippen molar-refractivity contribution in [3.05, 3.63) is 40.4 Å². The molecule has 3 rings (SSSR count). The quantitative estimate of drug-likeness (QED) is 0.665. The molecule has 2 aromatic rings. The Morgan fingerprint density at radius 1 is 1.38 bits per heavy atom. The predicted octanol–water partition coefficient (Wildman–Crippen LogP) is 2.63. The van der Waals surface area contributed by atoms with Gasteiger partial charge in [-0.25, -0.2) is 4.98 Å². The van der Waals surface area contributed by atoms with Crippen molar-refractivity contribution in [1.29, 1.82) is 0 Å². The Morgan fingerprint density at radius 3 is 2.93 bits per heavy atom. The number of carbonyl (C=O) groups excluding carboxylic acids is 2. The van der Waals surface area contributed by atoms with Gasteiger partial charge in [-0.15, -0.1) is 11.3 Å². The lowest BCUT2D eigenvalue weighted by molar-refractivity contribution is -0.118. The fourth-order valence-electron chi connectivity index (χ4n) is 3.14. The topological polar surface area (TPSA) is 83.6 Å². The number of ether oxygens (including phenoxy) is 1. The van der Waals surface area contributed by atoms with Crippen LogP contribution >= 0.6 is 23.1 Å². The Kier molecular flexibility index (Phi) is 7.51. The summed E-state index contributed by atoms with van der Waals surface area (Å²) in [7, 11) is 3.60. The highest BCUT2D eigenvalue weighted by atomic mass is 32.2. The lowest BCUT2D eigenvalue weighted by Crippen LogP contribution is -2.44. The van der Waals surface area contributed by atoms with E-state index in [-0.39, 0.29) is 11.8 Å². The standard InChI is InChI=1S/C20H26N4O3S2/c1-24-10-8-14-17(12-24)29-20(22-14)23-19(26)15(9-11-28-3)21-18(25)13-6-4-5-7-16(13)27-2/h4-7,15H,8-12H2,1-3H3,(H,21,25)(H,22,23,26). The number of thiazole rings is 1. The number of hydrogen-bond acceptors (Lipinski definition) is 7. The van der Waals surface area contributed by atoms with Crippen LogP contribution in [0.5, 0.6) is 5.75 Å². The van der Waals surface area contributed by atoms with Crippen LogP contribution in [0, 0.1) is 0 Å². The van der Waals surface area contributed by atoms with Crippen LogP contribution in [0.2, 0.25) is 0 Å². The number of carbonyl (C=O) groups is 2. The van der Waals surface area contributed by atoms with Crippen molar-refractivity contribution in [3.63, 3.8) is 0 Å². The second-order valence-corrected chi connectivity index (χ2v) is 8.94. The minimum Gasteiger partial charge on any atom is -0.496 e. The molecule has 1 aromatic heterocycles. The predicted molar refractivity (Wildman–Crippen MR) is 118 cm³/mol. The normalized spacial score (nSPS) is 14.7. The molecule has 29 heavy (non-hydrogen) atoms. The number of thioether (sulfide) groups is 1. The summed E-state index contributed by atoms with van der Waals surface area (Å²) >= 11 is 3.14. The number of fused-ring (bicyclic) bond motifs is 1. The first-order chi connectivity index (χ1) is 14.0. The number of methoxy groups -OCH3 is 1. The molecule has 1 aliphatic heterocycles. The van der Waals surface area contributed by atoms with Crippen LogP contribution in [0.25, 0.3) is 0 Å². The molecule has 0 saturated carbocycles. The number of likely N-dealkylation sites (N-methyl/N-ethyl adjacent to an activating group) is 1. The van der Waals surface area contributed by atoms with Gasteiger partial charge in [-0.1, -0.05) is 12.1 Å². The number of benzene rings is 1. The molecule has 1 unspecified atom stereocenters. The molecule has 9 heteroatoms. The van der Waals surface area contributed by atoms with E-state index in [4.69, 9.17) is 4.74 Å². The number of nitrogens with one attached hydrogen (secondary N) is 2. The van der Waals surface area contributed by atoms with Gasteiger partial charge in [0, 0.05) is 24.4 Å². The maximum absolute atomic E-state index is 12.9. The van der Waals surface area contributed by atoms with Crippen molar-refractivity contribution < 1.29 is 14.3 Å². The number of aromatic nitrogens is 1. The van der Waals surface area contributed by atoms with Gasteiger partial charge in [0.05, 0.1) is 18.4 Å². The van der Waals surface area contributed by atoms with Gasteiger partial charge in [-0.05, 0) is 37.6 Å². The lowest BCUT2D eigenvalue weighted by Gasteiger charge is -2.20. The molecule has 156 valence electrons. The fourth-order valence-corrected chi connectivity index (χ4v) is 4.70. The van der Waals surface area contributed by atoms with E-state index in [1.807, 2.05) is 6.26 Å². The summed E-state index contributed by atoms with van der Waals surface area (Å²) in [5.74, 6) is 0.653. The van der Waals surface area contributed by atoms with Gasteiger partial charge in [0.1, 0.15) is 11.8 Å². The third-order valence-corrected chi connectivity index (χ3v) is 6.38. The van der Waals surface area contributed by atoms with E-state index in [0.29, 0.717) is 22.9 Å². The van der Waals surface area contributed by atoms with Gasteiger partial charge >= 0.3 is 0 Å². The second-order valence-electron chi connectivity index (χ2n) is 6.87. The fraction of sp³-hybridized carbons (Fsp3) is 0.450. The second kappa shape index (κ2) is 10.1. The highest BCUT2D eigenvalue weighted by Gasteiger charge is 2.25. The molecule has 1 aromatic carbocycles. The molecule has 2 N–H and O–H groups in total. The summed E-state index contributed by atoms with van der Waals surface area (Å²) in [5, 5.41) is 6.35. The average molecular weight is 435 g/mol. The maximum Gasteiger partial charge on any atom is 0.255 e. The van der Waals surface area contributed by atoms with Gasteiger partial charge < -0.3 is 20.3 Å². The van der Waals surface area contributed by atoms with E-state index < -0.39 is 6.04 Å². The molecule has 1 aliphatic rings. The van der Waals surface area contributed by atoms with Gasteiger partial charge in [-0.2, -0.15) is 11.8 Å². The van der Waals surface area contributed by atoms with Gasteiger partial charge in [0.25, 0.3) is 5.91 Å². The number of nitrogens with zero attached hydrogens (tertiary/aromatic N) is 2. The van der Waals surface area contributed by atoms with Gasteiger partial charge in [0.2, 0.25) is 5.91 Å². The summed E-state index contributed by atoms with van der Waals surface area (Å²) in [6, 6.07) is 6.33. The third kappa shape index (κ3) is 5.49. The van der Waals surface area contributed by atoms with Crippen LogP contribution in [-0.2, 0) is 17.8 Å². The Balaban J connectivity index is 1.71. The van der Waals surface area contributed by atoms with E-state index in [2.05, 4.69) is 27.6 Å². The molecule has 0 aliphatic carbocycles. The molecule has 7 nitrogen and oxygen atoms in total. The smallest absolute Gasteiger partial charge is 0.255 e. The summed E-state index contributed by atoms with van der Waals surface area (Å²) in [6.07, 6.45) is 3.39. The number of anilines is 1. The van der Waals surface area contributed by atoms with E-state index in [1.54, 1.807) is 36.0 Å². The number of amides is 2. The van der Waals surface area contributed by atoms with E-state index in [1.165, 1.54) is 23.3 Å². The summed E-state index contributed by atoms with van der Waals surface area (Å²) in [6.45, 7) is 1.82. The first-order valence-electron chi connectivity index (χ1n) is 9.42. The van der Waals surface area contributed by atoms with Crippen molar-refractivity contribution in [2.45, 2.75) is 25.4 Å². The summed E-state index contributed by atoms with van der Waals surface area (Å²) < 4.78 is 5.26. The zero-order chi connectivity index (χ0) is 20.8. The Labute approximate surface area is 179 Å². The van der Waals surface area contributed by atoms with E-state index in [0.717, 1.165) is 31.0 Å². The van der Waals surface area contributed by atoms with Crippen LogP contribution in [0.15, 0.2) is 24.3 Å². The molecular weight excluding hydrogens is 408 g/mol. The molecular formula is C20H26N4O3S2. The summed E-state index contributed by atoms with van der Waals surface area (Å²) in [4.78, 5) is 33.7.